The number of benzene rings is 1. The quantitative estimate of drug-likeness (QED) is 0.813. The highest BCUT2D eigenvalue weighted by molar-refractivity contribution is 6.20. The summed E-state index contributed by atoms with van der Waals surface area (Å²) in [5, 5.41) is 4.47. The van der Waals surface area contributed by atoms with Gasteiger partial charge in [0.25, 0.3) is 0 Å². The second-order valence-electron chi connectivity index (χ2n) is 4.16. The molecule has 96 valence electrons. The molecule has 2 aromatic rings. The number of para-hydroxylation sites is 1. The predicted molar refractivity (Wildman–Crippen MR) is 76.4 cm³/mol. The van der Waals surface area contributed by atoms with Crippen LogP contribution in [0.1, 0.15) is 6.42 Å². The van der Waals surface area contributed by atoms with Gasteiger partial charge in [0.1, 0.15) is 5.82 Å². The molecular weight excluding hydrogens is 248 g/mol. The van der Waals surface area contributed by atoms with Crippen LogP contribution in [-0.4, -0.2) is 30.6 Å². The first kappa shape index (κ1) is 13.1. The van der Waals surface area contributed by atoms with Crippen molar-refractivity contribution in [2.45, 2.75) is 11.8 Å². The molecule has 0 aliphatic heterocycles. The van der Waals surface area contributed by atoms with E-state index < -0.39 is 0 Å². The summed E-state index contributed by atoms with van der Waals surface area (Å²) < 4.78 is 4.99. The maximum absolute atomic E-state index is 6.06. The van der Waals surface area contributed by atoms with Crippen molar-refractivity contribution >= 4 is 28.3 Å². The average molecular weight is 265 g/mol. The zero-order valence-corrected chi connectivity index (χ0v) is 11.2. The number of hydrogen-bond acceptors (Lipinski definition) is 3. The SMILES string of the molecule is COCC(Cl)CCNc1ccc2ccccc2n1. The molecule has 2 rings (SSSR count). The van der Waals surface area contributed by atoms with E-state index in [0.29, 0.717) is 6.61 Å². The number of pyridine rings is 1. The minimum atomic E-state index is 0.0444. The number of anilines is 1. The third-order valence-corrected chi connectivity index (χ3v) is 3.05. The summed E-state index contributed by atoms with van der Waals surface area (Å²) in [4.78, 5) is 4.53. The van der Waals surface area contributed by atoms with Crippen LogP contribution in [0.15, 0.2) is 36.4 Å². The molecule has 0 bridgehead atoms. The van der Waals surface area contributed by atoms with Crippen LogP contribution in [0.2, 0.25) is 0 Å². The molecule has 18 heavy (non-hydrogen) atoms. The van der Waals surface area contributed by atoms with Crippen LogP contribution >= 0.6 is 11.6 Å². The van der Waals surface area contributed by atoms with Gasteiger partial charge in [-0.1, -0.05) is 18.2 Å². The van der Waals surface area contributed by atoms with Gasteiger partial charge in [0, 0.05) is 19.0 Å². The molecule has 0 amide bonds. The third-order valence-electron chi connectivity index (χ3n) is 2.71. The summed E-state index contributed by atoms with van der Waals surface area (Å²) in [5.74, 6) is 0.884. The maximum Gasteiger partial charge on any atom is 0.126 e. The van der Waals surface area contributed by atoms with Crippen LogP contribution < -0.4 is 5.32 Å². The topological polar surface area (TPSA) is 34.1 Å². The Balaban J connectivity index is 1.91. The van der Waals surface area contributed by atoms with Gasteiger partial charge in [-0.2, -0.15) is 0 Å². The van der Waals surface area contributed by atoms with Gasteiger partial charge < -0.3 is 10.1 Å². The van der Waals surface area contributed by atoms with Gasteiger partial charge in [-0.05, 0) is 24.6 Å². The lowest BCUT2D eigenvalue weighted by molar-refractivity contribution is 0.196. The Kier molecular flexibility index (Phi) is 4.79. The smallest absolute Gasteiger partial charge is 0.126 e. The van der Waals surface area contributed by atoms with E-state index in [1.165, 1.54) is 0 Å². The number of halogens is 1. The number of rotatable bonds is 6. The molecule has 1 aromatic carbocycles. The standard InChI is InChI=1S/C14H17ClN2O/c1-18-10-12(15)8-9-16-14-7-6-11-4-2-3-5-13(11)17-14/h2-7,12H,8-10H2,1H3,(H,16,17). The maximum atomic E-state index is 6.06. The summed E-state index contributed by atoms with van der Waals surface area (Å²) in [6, 6.07) is 12.1. The fraction of sp³-hybridized carbons (Fsp3) is 0.357. The van der Waals surface area contributed by atoms with E-state index >= 15 is 0 Å². The number of ether oxygens (including phenoxy) is 1. The van der Waals surface area contributed by atoms with E-state index in [1.807, 2.05) is 24.3 Å². The molecule has 1 aromatic heterocycles. The van der Waals surface area contributed by atoms with Gasteiger partial charge in [-0.3, -0.25) is 0 Å². The molecule has 0 radical (unpaired) electrons. The molecule has 0 fully saturated rings. The molecule has 0 spiro atoms. The summed E-state index contributed by atoms with van der Waals surface area (Å²) >= 11 is 6.06. The lowest BCUT2D eigenvalue weighted by Gasteiger charge is -2.10. The number of aromatic nitrogens is 1. The van der Waals surface area contributed by atoms with E-state index in [4.69, 9.17) is 16.3 Å². The number of fused-ring (bicyclic) bond motifs is 1. The third kappa shape index (κ3) is 3.59. The van der Waals surface area contributed by atoms with Crippen molar-refractivity contribution in [2.75, 3.05) is 25.6 Å². The van der Waals surface area contributed by atoms with E-state index in [2.05, 4.69) is 22.4 Å². The highest BCUT2D eigenvalue weighted by Crippen LogP contribution is 2.14. The minimum absolute atomic E-state index is 0.0444. The van der Waals surface area contributed by atoms with E-state index in [1.54, 1.807) is 7.11 Å². The van der Waals surface area contributed by atoms with Crippen LogP contribution in [0.4, 0.5) is 5.82 Å². The Bertz CT molecular complexity index is 504. The van der Waals surface area contributed by atoms with Gasteiger partial charge in [0.15, 0.2) is 0 Å². The molecule has 0 saturated carbocycles. The number of methoxy groups -OCH3 is 1. The molecule has 1 unspecified atom stereocenters. The van der Waals surface area contributed by atoms with Crippen molar-refractivity contribution in [1.82, 2.24) is 4.98 Å². The van der Waals surface area contributed by atoms with Crippen molar-refractivity contribution in [3.8, 4) is 0 Å². The van der Waals surface area contributed by atoms with Crippen molar-refractivity contribution in [3.63, 3.8) is 0 Å². The first-order valence-corrected chi connectivity index (χ1v) is 6.46. The molecule has 1 heterocycles. The Morgan fingerprint density at radius 2 is 2.11 bits per heavy atom. The van der Waals surface area contributed by atoms with Gasteiger partial charge in [0.05, 0.1) is 17.5 Å². The monoisotopic (exact) mass is 264 g/mol. The van der Waals surface area contributed by atoms with Gasteiger partial charge >= 0.3 is 0 Å². The first-order chi connectivity index (χ1) is 8.79. The highest BCUT2D eigenvalue weighted by Gasteiger charge is 2.03. The Labute approximate surface area is 112 Å². The number of alkyl halides is 1. The van der Waals surface area contributed by atoms with E-state index in [9.17, 15) is 0 Å². The lowest BCUT2D eigenvalue weighted by atomic mass is 10.2. The molecule has 3 nitrogen and oxygen atoms in total. The molecule has 0 aliphatic rings. The number of hydrogen-bond donors (Lipinski definition) is 1. The number of nitrogens with one attached hydrogen (secondary N) is 1. The zero-order valence-electron chi connectivity index (χ0n) is 10.4. The largest absolute Gasteiger partial charge is 0.383 e. The summed E-state index contributed by atoms with van der Waals surface area (Å²) in [5.41, 5.74) is 1.00. The van der Waals surface area contributed by atoms with Crippen molar-refractivity contribution < 1.29 is 4.74 Å². The summed E-state index contributed by atoms with van der Waals surface area (Å²) in [6.45, 7) is 1.37. The molecule has 4 heteroatoms. The van der Waals surface area contributed by atoms with Crippen LogP contribution in [0, 0.1) is 0 Å². The molecule has 0 aliphatic carbocycles. The summed E-state index contributed by atoms with van der Waals surface area (Å²) in [7, 11) is 1.66. The number of nitrogens with zero attached hydrogens (tertiary/aromatic N) is 1. The highest BCUT2D eigenvalue weighted by atomic mass is 35.5. The van der Waals surface area contributed by atoms with Crippen molar-refractivity contribution in [3.05, 3.63) is 36.4 Å². The fourth-order valence-corrected chi connectivity index (χ4v) is 2.02. The molecule has 1 N–H and O–H groups in total. The Morgan fingerprint density at radius 3 is 2.94 bits per heavy atom. The fourth-order valence-electron chi connectivity index (χ4n) is 1.79. The Morgan fingerprint density at radius 1 is 1.28 bits per heavy atom. The van der Waals surface area contributed by atoms with E-state index in [-0.39, 0.29) is 5.38 Å². The molecule has 0 saturated heterocycles. The first-order valence-electron chi connectivity index (χ1n) is 6.02. The zero-order chi connectivity index (χ0) is 12.8. The summed E-state index contributed by atoms with van der Waals surface area (Å²) in [6.07, 6.45) is 0.851. The van der Waals surface area contributed by atoms with Gasteiger partial charge in [-0.15, -0.1) is 11.6 Å². The second-order valence-corrected chi connectivity index (χ2v) is 4.77. The molecule has 1 atom stereocenters. The lowest BCUT2D eigenvalue weighted by Crippen LogP contribution is -2.13. The average Bonchev–Trinajstić information content (AvgIpc) is 2.39. The normalized spacial score (nSPS) is 12.6. The minimum Gasteiger partial charge on any atom is -0.383 e. The van der Waals surface area contributed by atoms with E-state index in [0.717, 1.165) is 29.7 Å². The van der Waals surface area contributed by atoms with Gasteiger partial charge in [-0.25, -0.2) is 4.98 Å². The van der Waals surface area contributed by atoms with Crippen LogP contribution in [0.3, 0.4) is 0 Å². The van der Waals surface area contributed by atoms with Crippen LogP contribution in [-0.2, 0) is 4.74 Å². The van der Waals surface area contributed by atoms with Crippen LogP contribution in [0.5, 0.6) is 0 Å². The van der Waals surface area contributed by atoms with Crippen molar-refractivity contribution in [2.24, 2.45) is 0 Å². The van der Waals surface area contributed by atoms with Crippen LogP contribution in [0.25, 0.3) is 10.9 Å². The van der Waals surface area contributed by atoms with Gasteiger partial charge in [0.2, 0.25) is 0 Å². The van der Waals surface area contributed by atoms with Crippen molar-refractivity contribution in [1.29, 1.82) is 0 Å². The Hall–Kier alpha value is -1.32. The second kappa shape index (κ2) is 6.57. The molecular formula is C14H17ClN2O. The predicted octanol–water partition coefficient (Wildman–Crippen LogP) is 3.29.